The molecule has 0 saturated heterocycles. The van der Waals surface area contributed by atoms with Crippen LogP contribution in [0.1, 0.15) is 19.3 Å². The van der Waals surface area contributed by atoms with Crippen molar-refractivity contribution in [3.63, 3.8) is 0 Å². The van der Waals surface area contributed by atoms with E-state index in [1.807, 2.05) is 0 Å². The van der Waals surface area contributed by atoms with Crippen molar-refractivity contribution in [2.45, 2.75) is 19.3 Å². The van der Waals surface area contributed by atoms with E-state index >= 15 is 0 Å². The Labute approximate surface area is 66.5 Å². The lowest BCUT2D eigenvalue weighted by Gasteiger charge is -2.38. The summed E-state index contributed by atoms with van der Waals surface area (Å²) in [5, 5.41) is 0. The van der Waals surface area contributed by atoms with E-state index < -0.39 is 0 Å². The lowest BCUT2D eigenvalue weighted by Crippen LogP contribution is -2.45. The lowest BCUT2D eigenvalue weighted by atomic mass is 9.63. The summed E-state index contributed by atoms with van der Waals surface area (Å²) in [6.07, 6.45) is 8.12. The van der Waals surface area contributed by atoms with E-state index in [9.17, 15) is 4.79 Å². The van der Waals surface area contributed by atoms with Gasteiger partial charge < -0.3 is 0 Å². The van der Waals surface area contributed by atoms with Gasteiger partial charge in [0.05, 0.1) is 0 Å². The second kappa shape index (κ2) is 1.77. The fourth-order valence-electron chi connectivity index (χ4n) is 2.67. The van der Waals surface area contributed by atoms with Crippen molar-refractivity contribution in [2.24, 2.45) is 23.7 Å². The van der Waals surface area contributed by atoms with Crippen molar-refractivity contribution in [2.75, 3.05) is 0 Å². The summed E-state index contributed by atoms with van der Waals surface area (Å²) in [4.78, 5) is 11.5. The first-order valence-corrected chi connectivity index (χ1v) is 4.58. The van der Waals surface area contributed by atoms with Crippen LogP contribution in [0.15, 0.2) is 12.2 Å². The van der Waals surface area contributed by atoms with Gasteiger partial charge in [0, 0.05) is 11.8 Å². The summed E-state index contributed by atoms with van der Waals surface area (Å²) >= 11 is 0. The third kappa shape index (κ3) is 0.640. The zero-order chi connectivity index (χ0) is 7.42. The average Bonchev–Trinajstić information content (AvgIpc) is 2.68. The van der Waals surface area contributed by atoms with Crippen LogP contribution >= 0.6 is 0 Å². The second-order valence-electron chi connectivity index (χ2n) is 4.11. The van der Waals surface area contributed by atoms with Gasteiger partial charge in [0.15, 0.2) is 0 Å². The zero-order valence-corrected chi connectivity index (χ0v) is 6.49. The predicted octanol–water partition coefficient (Wildman–Crippen LogP) is 1.79. The van der Waals surface area contributed by atoms with Crippen LogP contribution < -0.4 is 0 Å². The minimum atomic E-state index is 0.417. The maximum Gasteiger partial charge on any atom is 0.140 e. The normalized spacial score (nSPS) is 47.3. The van der Waals surface area contributed by atoms with E-state index in [4.69, 9.17) is 0 Å². The second-order valence-corrected chi connectivity index (χ2v) is 4.11. The molecule has 2 fully saturated rings. The number of ketones is 1. The van der Waals surface area contributed by atoms with Crippen molar-refractivity contribution in [1.29, 1.82) is 0 Å². The summed E-state index contributed by atoms with van der Waals surface area (Å²) in [6.45, 7) is 0. The molecule has 0 aromatic carbocycles. The van der Waals surface area contributed by atoms with Gasteiger partial charge in [-0.25, -0.2) is 0 Å². The van der Waals surface area contributed by atoms with E-state index in [0.717, 1.165) is 12.3 Å². The van der Waals surface area contributed by atoms with Crippen LogP contribution in [-0.2, 0) is 4.79 Å². The molecule has 0 aromatic heterocycles. The number of allylic oxidation sites excluding steroid dienone is 2. The Morgan fingerprint density at radius 2 is 2.18 bits per heavy atom. The highest BCUT2D eigenvalue weighted by atomic mass is 16.1. The van der Waals surface area contributed by atoms with E-state index in [1.165, 1.54) is 12.8 Å². The molecule has 3 rings (SSSR count). The molecule has 0 aromatic rings. The highest BCUT2D eigenvalue weighted by Crippen LogP contribution is 2.54. The molecule has 0 N–H and O–H groups in total. The summed E-state index contributed by atoms with van der Waals surface area (Å²) in [6, 6.07) is 0. The minimum absolute atomic E-state index is 0.417. The molecular weight excluding hydrogens is 136 g/mol. The van der Waals surface area contributed by atoms with E-state index in [1.54, 1.807) is 0 Å². The predicted molar refractivity (Wildman–Crippen MR) is 42.0 cm³/mol. The molecule has 1 heteroatoms. The van der Waals surface area contributed by atoms with Gasteiger partial charge in [0.1, 0.15) is 5.78 Å². The first kappa shape index (κ1) is 5.99. The molecular formula is C10H12O. The van der Waals surface area contributed by atoms with Gasteiger partial charge in [-0.1, -0.05) is 12.2 Å². The Hall–Kier alpha value is -0.590. The molecule has 0 heterocycles. The third-order valence-electron chi connectivity index (χ3n) is 3.45. The number of carbonyl (C=O) groups excluding carboxylic acids is 1. The van der Waals surface area contributed by atoms with Crippen molar-refractivity contribution in [3.8, 4) is 0 Å². The molecule has 11 heavy (non-hydrogen) atoms. The van der Waals surface area contributed by atoms with E-state index in [-0.39, 0.29) is 0 Å². The smallest absolute Gasteiger partial charge is 0.140 e. The molecule has 3 aliphatic rings. The molecule has 3 atom stereocenters. The van der Waals surface area contributed by atoms with Gasteiger partial charge in [-0.15, -0.1) is 0 Å². The first-order chi connectivity index (χ1) is 5.38. The fraction of sp³-hybridized carbons (Fsp3) is 0.700. The molecule has 0 amide bonds. The van der Waals surface area contributed by atoms with Crippen molar-refractivity contribution in [3.05, 3.63) is 12.2 Å². The van der Waals surface area contributed by atoms with Gasteiger partial charge in [-0.05, 0) is 31.1 Å². The number of carbonyl (C=O) groups is 1. The van der Waals surface area contributed by atoms with E-state index in [0.29, 0.717) is 23.5 Å². The average molecular weight is 148 g/mol. The van der Waals surface area contributed by atoms with E-state index in [2.05, 4.69) is 12.2 Å². The molecule has 0 aliphatic heterocycles. The van der Waals surface area contributed by atoms with Gasteiger partial charge in [-0.3, -0.25) is 4.79 Å². The maximum absolute atomic E-state index is 11.5. The Morgan fingerprint density at radius 3 is 2.91 bits per heavy atom. The lowest BCUT2D eigenvalue weighted by molar-refractivity contribution is -0.140. The topological polar surface area (TPSA) is 17.1 Å². The number of rotatable bonds is 1. The molecule has 0 bridgehead atoms. The molecule has 3 aliphatic carbocycles. The highest BCUT2D eigenvalue weighted by molar-refractivity contribution is 5.92. The van der Waals surface area contributed by atoms with Gasteiger partial charge in [0.25, 0.3) is 0 Å². The van der Waals surface area contributed by atoms with Gasteiger partial charge >= 0.3 is 0 Å². The molecule has 1 nitrogen and oxygen atoms in total. The van der Waals surface area contributed by atoms with Crippen LogP contribution in [0, 0.1) is 23.7 Å². The van der Waals surface area contributed by atoms with Crippen molar-refractivity contribution in [1.82, 2.24) is 0 Å². The quantitative estimate of drug-likeness (QED) is 0.518. The monoisotopic (exact) mass is 148 g/mol. The molecule has 2 saturated carbocycles. The van der Waals surface area contributed by atoms with Crippen LogP contribution in [0.2, 0.25) is 0 Å². The number of fused-ring (bicyclic) bond motifs is 1. The highest BCUT2D eigenvalue weighted by Gasteiger charge is 2.54. The summed E-state index contributed by atoms with van der Waals surface area (Å²) in [7, 11) is 0. The van der Waals surface area contributed by atoms with Crippen LogP contribution in [0.25, 0.3) is 0 Å². The van der Waals surface area contributed by atoms with Crippen LogP contribution in [0.3, 0.4) is 0 Å². The van der Waals surface area contributed by atoms with Crippen LogP contribution in [0.5, 0.6) is 0 Å². The number of hydrogen-bond donors (Lipinski definition) is 0. The Bertz CT molecular complexity index is 237. The summed E-state index contributed by atoms with van der Waals surface area (Å²) in [5.74, 6) is 2.89. The summed E-state index contributed by atoms with van der Waals surface area (Å²) < 4.78 is 0. The Balaban J connectivity index is 1.85. The molecule has 0 unspecified atom stereocenters. The standard InChI is InChI=1S/C10H12O/c11-10-8-3-1-2-7(8)9(10)6-4-5-6/h1-2,6-9H,3-5H2/t7-,8+,9-/m1/s1. The number of hydrogen-bond acceptors (Lipinski definition) is 1. The number of Topliss-reactive ketones (excluding diaryl/α,β-unsaturated/α-hetero) is 1. The van der Waals surface area contributed by atoms with Gasteiger partial charge in [0.2, 0.25) is 0 Å². The van der Waals surface area contributed by atoms with Crippen molar-refractivity contribution < 1.29 is 4.79 Å². The Morgan fingerprint density at radius 1 is 1.36 bits per heavy atom. The third-order valence-corrected chi connectivity index (χ3v) is 3.45. The molecule has 0 radical (unpaired) electrons. The van der Waals surface area contributed by atoms with Crippen molar-refractivity contribution >= 4 is 5.78 Å². The fourth-order valence-corrected chi connectivity index (χ4v) is 2.67. The Kier molecular flexibility index (Phi) is 0.961. The van der Waals surface area contributed by atoms with Crippen LogP contribution in [0.4, 0.5) is 0 Å². The maximum atomic E-state index is 11.5. The van der Waals surface area contributed by atoms with Gasteiger partial charge in [-0.2, -0.15) is 0 Å². The first-order valence-electron chi connectivity index (χ1n) is 4.58. The van der Waals surface area contributed by atoms with Crippen LogP contribution in [-0.4, -0.2) is 5.78 Å². The summed E-state index contributed by atoms with van der Waals surface area (Å²) in [5.41, 5.74) is 0. The SMILES string of the molecule is O=C1[C@H]2CC=C[C@H]2[C@H]1C1CC1. The zero-order valence-electron chi connectivity index (χ0n) is 6.49. The largest absolute Gasteiger partial charge is 0.299 e. The minimum Gasteiger partial charge on any atom is -0.299 e. The molecule has 58 valence electrons. The molecule has 0 spiro atoms.